The van der Waals surface area contributed by atoms with Gasteiger partial charge in [0.15, 0.2) is 6.29 Å². The topological polar surface area (TPSA) is 53.4 Å². The molecule has 0 saturated carbocycles. The Hall–Kier alpha value is -1.42. The van der Waals surface area contributed by atoms with Gasteiger partial charge in [0.05, 0.1) is 5.60 Å². The second-order valence-electron chi connectivity index (χ2n) is 4.55. The Morgan fingerprint density at radius 3 is 2.62 bits per heavy atom. The number of anilines is 1. The van der Waals surface area contributed by atoms with Crippen LogP contribution in [-0.4, -0.2) is 35.1 Å². The molecule has 4 nitrogen and oxygen atoms in total. The molecule has 0 bridgehead atoms. The fourth-order valence-electron chi connectivity index (χ4n) is 1.87. The van der Waals surface area contributed by atoms with Gasteiger partial charge in [-0.15, -0.1) is 0 Å². The van der Waals surface area contributed by atoms with E-state index in [-0.39, 0.29) is 0 Å². The summed E-state index contributed by atoms with van der Waals surface area (Å²) >= 11 is 0. The number of hydrogen-bond acceptors (Lipinski definition) is 4. The molecule has 1 aromatic rings. The molecule has 0 amide bonds. The minimum absolute atomic E-state index is 0.542. The zero-order valence-electron chi connectivity index (χ0n) is 9.39. The van der Waals surface area contributed by atoms with Crippen LogP contribution in [-0.2, 0) is 0 Å². The lowest BCUT2D eigenvalue weighted by Crippen LogP contribution is -2.42. The largest absolute Gasteiger partial charge is 0.390 e. The molecule has 1 saturated heterocycles. The minimum Gasteiger partial charge on any atom is -0.390 e. The van der Waals surface area contributed by atoms with Gasteiger partial charge < -0.3 is 10.0 Å². The predicted molar refractivity (Wildman–Crippen MR) is 61.7 cm³/mol. The number of nitrogens with zero attached hydrogens (tertiary/aromatic N) is 2. The van der Waals surface area contributed by atoms with Gasteiger partial charge in [-0.2, -0.15) is 0 Å². The molecule has 1 aliphatic heterocycles. The van der Waals surface area contributed by atoms with Crippen LogP contribution in [0.25, 0.3) is 0 Å². The van der Waals surface area contributed by atoms with E-state index in [1.165, 1.54) is 0 Å². The number of aromatic nitrogens is 1. The molecule has 86 valence electrons. The molecule has 0 aromatic carbocycles. The summed E-state index contributed by atoms with van der Waals surface area (Å²) in [6.07, 6.45) is 3.88. The monoisotopic (exact) mass is 220 g/mol. The van der Waals surface area contributed by atoms with Crippen molar-refractivity contribution in [1.29, 1.82) is 0 Å². The van der Waals surface area contributed by atoms with E-state index in [0.717, 1.165) is 38.0 Å². The summed E-state index contributed by atoms with van der Waals surface area (Å²) in [5, 5.41) is 9.83. The van der Waals surface area contributed by atoms with Gasteiger partial charge in [0, 0.05) is 24.8 Å². The Morgan fingerprint density at radius 2 is 2.12 bits per heavy atom. The number of hydrogen-bond donors (Lipinski definition) is 1. The smallest absolute Gasteiger partial charge is 0.151 e. The van der Waals surface area contributed by atoms with E-state index >= 15 is 0 Å². The Bertz CT molecular complexity index is 363. The van der Waals surface area contributed by atoms with E-state index < -0.39 is 5.60 Å². The second kappa shape index (κ2) is 4.22. The fourth-order valence-corrected chi connectivity index (χ4v) is 1.87. The molecule has 4 heteroatoms. The molecule has 2 rings (SSSR count). The SMILES string of the molecule is CC1(O)CCN(c2ccc(C=O)cn2)CC1. The van der Waals surface area contributed by atoms with Crippen molar-refractivity contribution in [2.45, 2.75) is 25.4 Å². The number of carbonyl (C=O) groups excluding carboxylic acids is 1. The molecule has 0 spiro atoms. The lowest BCUT2D eigenvalue weighted by Gasteiger charge is -2.36. The Labute approximate surface area is 94.9 Å². The van der Waals surface area contributed by atoms with Crippen LogP contribution in [0.5, 0.6) is 0 Å². The highest BCUT2D eigenvalue weighted by Crippen LogP contribution is 2.24. The van der Waals surface area contributed by atoms with Crippen molar-refractivity contribution in [3.8, 4) is 0 Å². The zero-order valence-corrected chi connectivity index (χ0v) is 9.39. The number of carbonyl (C=O) groups is 1. The minimum atomic E-state index is -0.542. The van der Waals surface area contributed by atoms with Crippen molar-refractivity contribution in [2.75, 3.05) is 18.0 Å². The average Bonchev–Trinajstić information content (AvgIpc) is 2.29. The average molecular weight is 220 g/mol. The first kappa shape index (κ1) is 11.1. The summed E-state index contributed by atoms with van der Waals surface area (Å²) in [6, 6.07) is 3.62. The summed E-state index contributed by atoms with van der Waals surface area (Å²) in [5.41, 5.74) is 0.0481. The van der Waals surface area contributed by atoms with Crippen molar-refractivity contribution >= 4 is 12.1 Å². The van der Waals surface area contributed by atoms with Crippen LogP contribution < -0.4 is 4.90 Å². The molecule has 1 N–H and O–H groups in total. The van der Waals surface area contributed by atoms with Crippen LogP contribution in [0, 0.1) is 0 Å². The summed E-state index contributed by atoms with van der Waals surface area (Å²) in [7, 11) is 0. The molecule has 2 heterocycles. The lowest BCUT2D eigenvalue weighted by molar-refractivity contribution is 0.0350. The van der Waals surface area contributed by atoms with Crippen LogP contribution in [0.2, 0.25) is 0 Å². The van der Waals surface area contributed by atoms with Crippen molar-refractivity contribution in [1.82, 2.24) is 4.98 Å². The van der Waals surface area contributed by atoms with E-state index in [4.69, 9.17) is 0 Å². The van der Waals surface area contributed by atoms with Crippen LogP contribution in [0.4, 0.5) is 5.82 Å². The summed E-state index contributed by atoms with van der Waals surface area (Å²) in [4.78, 5) is 16.9. The van der Waals surface area contributed by atoms with E-state index in [9.17, 15) is 9.90 Å². The molecular weight excluding hydrogens is 204 g/mol. The van der Waals surface area contributed by atoms with E-state index in [2.05, 4.69) is 9.88 Å². The van der Waals surface area contributed by atoms with Crippen molar-refractivity contribution in [2.24, 2.45) is 0 Å². The molecular formula is C12H16N2O2. The molecule has 0 aliphatic carbocycles. The Kier molecular flexibility index (Phi) is 2.92. The van der Waals surface area contributed by atoms with Gasteiger partial charge in [-0.3, -0.25) is 4.79 Å². The molecule has 1 fully saturated rings. The summed E-state index contributed by atoms with van der Waals surface area (Å²) < 4.78 is 0. The van der Waals surface area contributed by atoms with Gasteiger partial charge in [-0.1, -0.05) is 0 Å². The lowest BCUT2D eigenvalue weighted by atomic mass is 9.94. The highest BCUT2D eigenvalue weighted by atomic mass is 16.3. The highest BCUT2D eigenvalue weighted by Gasteiger charge is 2.27. The summed E-state index contributed by atoms with van der Waals surface area (Å²) in [5.74, 6) is 0.876. The van der Waals surface area contributed by atoms with Crippen molar-refractivity contribution < 1.29 is 9.90 Å². The summed E-state index contributed by atoms with van der Waals surface area (Å²) in [6.45, 7) is 3.48. The number of rotatable bonds is 2. The van der Waals surface area contributed by atoms with Crippen molar-refractivity contribution in [3.05, 3.63) is 23.9 Å². The maximum absolute atomic E-state index is 10.5. The molecule has 1 aliphatic rings. The maximum atomic E-state index is 10.5. The highest BCUT2D eigenvalue weighted by molar-refractivity contribution is 5.74. The molecule has 16 heavy (non-hydrogen) atoms. The third-order valence-corrected chi connectivity index (χ3v) is 3.07. The van der Waals surface area contributed by atoms with Crippen LogP contribution in [0.1, 0.15) is 30.1 Å². The van der Waals surface area contributed by atoms with Crippen LogP contribution >= 0.6 is 0 Å². The standard InChI is InChI=1S/C12H16N2O2/c1-12(16)4-6-14(7-5-12)11-3-2-10(9-15)8-13-11/h2-3,8-9,16H,4-7H2,1H3. The molecule has 0 radical (unpaired) electrons. The van der Waals surface area contributed by atoms with Gasteiger partial charge in [-0.25, -0.2) is 4.98 Å². The van der Waals surface area contributed by atoms with E-state index in [0.29, 0.717) is 5.56 Å². The number of piperidine rings is 1. The number of aliphatic hydroxyl groups is 1. The first-order valence-corrected chi connectivity index (χ1v) is 5.49. The van der Waals surface area contributed by atoms with Gasteiger partial charge in [0.25, 0.3) is 0 Å². The van der Waals surface area contributed by atoms with Crippen molar-refractivity contribution in [3.63, 3.8) is 0 Å². The van der Waals surface area contributed by atoms with Gasteiger partial charge in [0.1, 0.15) is 5.82 Å². The predicted octanol–water partition coefficient (Wildman–Crippen LogP) is 1.25. The van der Waals surface area contributed by atoms with Crippen LogP contribution in [0.15, 0.2) is 18.3 Å². The number of aldehydes is 1. The second-order valence-corrected chi connectivity index (χ2v) is 4.55. The first-order valence-electron chi connectivity index (χ1n) is 5.49. The Balaban J connectivity index is 2.05. The molecule has 0 atom stereocenters. The quantitative estimate of drug-likeness (QED) is 0.762. The maximum Gasteiger partial charge on any atom is 0.151 e. The third kappa shape index (κ3) is 2.39. The van der Waals surface area contributed by atoms with E-state index in [1.807, 2.05) is 13.0 Å². The van der Waals surface area contributed by atoms with Gasteiger partial charge >= 0.3 is 0 Å². The third-order valence-electron chi connectivity index (χ3n) is 3.07. The normalized spacial score (nSPS) is 19.5. The Morgan fingerprint density at radius 1 is 1.44 bits per heavy atom. The fraction of sp³-hybridized carbons (Fsp3) is 0.500. The van der Waals surface area contributed by atoms with Gasteiger partial charge in [0.2, 0.25) is 0 Å². The van der Waals surface area contributed by atoms with Gasteiger partial charge in [-0.05, 0) is 31.9 Å². The van der Waals surface area contributed by atoms with Crippen LogP contribution in [0.3, 0.4) is 0 Å². The zero-order chi connectivity index (χ0) is 11.6. The molecule has 0 unspecified atom stereocenters. The number of pyridine rings is 1. The molecule has 1 aromatic heterocycles. The van der Waals surface area contributed by atoms with E-state index in [1.54, 1.807) is 12.3 Å². The first-order chi connectivity index (χ1) is 7.61.